The zero-order valence-corrected chi connectivity index (χ0v) is 19.9. The van der Waals surface area contributed by atoms with Gasteiger partial charge in [-0.25, -0.2) is 4.68 Å². The smallest absolute Gasteiger partial charge is 0.226 e. The van der Waals surface area contributed by atoms with E-state index in [9.17, 15) is 0 Å². The van der Waals surface area contributed by atoms with Crippen LogP contribution in [0.2, 0.25) is 10.0 Å². The molecule has 4 aromatic rings. The maximum atomic E-state index is 6.70. The normalized spacial score (nSPS) is 18.4. The van der Waals surface area contributed by atoms with E-state index in [2.05, 4.69) is 46.6 Å². The molecule has 2 aliphatic heterocycles. The molecule has 0 spiro atoms. The van der Waals surface area contributed by atoms with Crippen molar-refractivity contribution in [2.45, 2.75) is 19.1 Å². The van der Waals surface area contributed by atoms with Crippen molar-refractivity contribution in [3.05, 3.63) is 105 Å². The summed E-state index contributed by atoms with van der Waals surface area (Å²) in [7, 11) is 1.65. The Morgan fingerprint density at radius 2 is 1.85 bits per heavy atom. The number of fused-ring (bicyclic) bond motifs is 3. The SMILES string of the molecule is COc1ccc2c(c1)C1=C([C@H](c3ccc(Cl)cc3Cl)O2)[C@H](c2ccc(C)cc2)n2ncnc2N1. The zero-order chi connectivity index (χ0) is 23.4. The van der Waals surface area contributed by atoms with Crippen molar-refractivity contribution < 1.29 is 9.47 Å². The second-order valence-corrected chi connectivity index (χ2v) is 9.17. The van der Waals surface area contributed by atoms with Crippen molar-refractivity contribution >= 4 is 34.8 Å². The van der Waals surface area contributed by atoms with Gasteiger partial charge in [0, 0.05) is 26.7 Å². The standard InChI is InChI=1S/C26H20Cl2N4O2/c1-14-3-5-15(6-4-14)24-22-23(31-26-29-13-30-32(24)26)19-12-17(33-2)8-10-21(19)34-25(22)18-9-7-16(27)11-20(18)28/h3-13,24-25H,1-2H3,(H,29,30,31)/t24-,25-/m0/s1. The molecule has 0 fully saturated rings. The number of methoxy groups -OCH3 is 1. The van der Waals surface area contributed by atoms with E-state index in [0.717, 1.165) is 39.5 Å². The number of halogens is 2. The fourth-order valence-corrected chi connectivity index (χ4v) is 5.13. The largest absolute Gasteiger partial charge is 0.497 e. The fourth-order valence-electron chi connectivity index (χ4n) is 4.62. The lowest BCUT2D eigenvalue weighted by molar-refractivity contribution is 0.223. The van der Waals surface area contributed by atoms with Gasteiger partial charge in [-0.1, -0.05) is 59.1 Å². The quantitative estimate of drug-likeness (QED) is 0.356. The molecule has 2 atom stereocenters. The third kappa shape index (κ3) is 3.33. The second-order valence-electron chi connectivity index (χ2n) is 8.32. The van der Waals surface area contributed by atoms with Gasteiger partial charge in [-0.05, 0) is 42.8 Å². The van der Waals surface area contributed by atoms with Crippen molar-refractivity contribution in [1.82, 2.24) is 14.8 Å². The lowest BCUT2D eigenvalue weighted by Crippen LogP contribution is -2.32. The van der Waals surface area contributed by atoms with Crippen LogP contribution in [0.15, 0.2) is 72.6 Å². The van der Waals surface area contributed by atoms with Gasteiger partial charge in [0.25, 0.3) is 0 Å². The van der Waals surface area contributed by atoms with Crippen molar-refractivity contribution in [3.8, 4) is 11.5 Å². The average molecular weight is 491 g/mol. The van der Waals surface area contributed by atoms with Gasteiger partial charge in [0.1, 0.15) is 23.9 Å². The number of rotatable bonds is 3. The molecular weight excluding hydrogens is 471 g/mol. The average Bonchev–Trinajstić information content (AvgIpc) is 3.31. The van der Waals surface area contributed by atoms with Crippen LogP contribution in [-0.4, -0.2) is 21.9 Å². The maximum absolute atomic E-state index is 6.70. The van der Waals surface area contributed by atoms with Crippen LogP contribution in [0.4, 0.5) is 5.95 Å². The van der Waals surface area contributed by atoms with E-state index >= 15 is 0 Å². The van der Waals surface area contributed by atoms with E-state index in [1.165, 1.54) is 5.56 Å². The van der Waals surface area contributed by atoms with Crippen LogP contribution in [0, 0.1) is 6.92 Å². The predicted molar refractivity (Wildman–Crippen MR) is 133 cm³/mol. The first-order chi connectivity index (χ1) is 16.5. The molecule has 2 aliphatic rings. The molecule has 0 saturated carbocycles. The lowest BCUT2D eigenvalue weighted by Gasteiger charge is -2.39. The molecule has 170 valence electrons. The van der Waals surface area contributed by atoms with Gasteiger partial charge in [0.05, 0.1) is 12.8 Å². The molecule has 0 aliphatic carbocycles. The van der Waals surface area contributed by atoms with Crippen molar-refractivity contribution in [2.75, 3.05) is 12.4 Å². The minimum absolute atomic E-state index is 0.259. The van der Waals surface area contributed by atoms with E-state index in [-0.39, 0.29) is 6.04 Å². The Morgan fingerprint density at radius 1 is 1.03 bits per heavy atom. The Kier molecular flexibility index (Phi) is 5.01. The number of aromatic nitrogens is 3. The Bertz CT molecular complexity index is 1450. The van der Waals surface area contributed by atoms with E-state index < -0.39 is 6.10 Å². The highest BCUT2D eigenvalue weighted by Crippen LogP contribution is 2.52. The summed E-state index contributed by atoms with van der Waals surface area (Å²) in [6.45, 7) is 2.07. The van der Waals surface area contributed by atoms with Crippen LogP contribution >= 0.6 is 23.2 Å². The van der Waals surface area contributed by atoms with Crippen molar-refractivity contribution in [3.63, 3.8) is 0 Å². The topological polar surface area (TPSA) is 61.2 Å². The summed E-state index contributed by atoms with van der Waals surface area (Å²) in [5.41, 5.74) is 5.84. The van der Waals surface area contributed by atoms with Crippen LogP contribution in [0.25, 0.3) is 5.70 Å². The lowest BCUT2D eigenvalue weighted by atomic mass is 9.84. The fraction of sp³-hybridized carbons (Fsp3) is 0.154. The molecule has 3 aromatic carbocycles. The summed E-state index contributed by atoms with van der Waals surface area (Å²) < 4.78 is 14.0. The van der Waals surface area contributed by atoms with Gasteiger partial charge < -0.3 is 14.8 Å². The molecule has 6 nitrogen and oxygen atoms in total. The van der Waals surface area contributed by atoms with E-state index in [1.807, 2.05) is 35.0 Å². The summed E-state index contributed by atoms with van der Waals surface area (Å²) in [5.74, 6) is 2.11. The van der Waals surface area contributed by atoms with Gasteiger partial charge in [0.15, 0.2) is 6.10 Å². The molecule has 3 heterocycles. The highest BCUT2D eigenvalue weighted by Gasteiger charge is 2.41. The Hall–Kier alpha value is -3.48. The molecular formula is C26H20Cl2N4O2. The number of anilines is 1. The minimum Gasteiger partial charge on any atom is -0.497 e. The summed E-state index contributed by atoms with van der Waals surface area (Å²) in [6, 6.07) is 19.4. The Labute approximate surface area is 206 Å². The number of hydrogen-bond acceptors (Lipinski definition) is 5. The number of hydrogen-bond donors (Lipinski definition) is 1. The van der Waals surface area contributed by atoms with Crippen LogP contribution < -0.4 is 14.8 Å². The van der Waals surface area contributed by atoms with E-state index in [1.54, 1.807) is 19.5 Å². The van der Waals surface area contributed by atoms with Crippen LogP contribution in [0.1, 0.15) is 34.4 Å². The highest BCUT2D eigenvalue weighted by atomic mass is 35.5. The number of nitrogens with zero attached hydrogens (tertiary/aromatic N) is 3. The monoisotopic (exact) mass is 490 g/mol. The molecule has 0 amide bonds. The number of nitrogens with one attached hydrogen (secondary N) is 1. The molecule has 0 bridgehead atoms. The van der Waals surface area contributed by atoms with E-state index in [0.29, 0.717) is 16.0 Å². The van der Waals surface area contributed by atoms with Crippen molar-refractivity contribution in [2.24, 2.45) is 0 Å². The minimum atomic E-state index is -0.475. The highest BCUT2D eigenvalue weighted by molar-refractivity contribution is 6.35. The van der Waals surface area contributed by atoms with Crippen molar-refractivity contribution in [1.29, 1.82) is 0 Å². The van der Waals surface area contributed by atoms with Gasteiger partial charge >= 0.3 is 0 Å². The summed E-state index contributed by atoms with van der Waals surface area (Å²) >= 11 is 12.9. The van der Waals surface area contributed by atoms with Crippen LogP contribution in [-0.2, 0) is 0 Å². The first-order valence-electron chi connectivity index (χ1n) is 10.8. The molecule has 8 heteroatoms. The third-order valence-corrected chi connectivity index (χ3v) is 6.82. The number of aryl methyl sites for hydroxylation is 1. The molecule has 1 aromatic heterocycles. The number of benzene rings is 3. The van der Waals surface area contributed by atoms with E-state index in [4.69, 9.17) is 32.7 Å². The Balaban J connectivity index is 1.64. The molecule has 0 unspecified atom stereocenters. The molecule has 6 rings (SSSR count). The predicted octanol–water partition coefficient (Wildman–Crippen LogP) is 6.46. The molecule has 34 heavy (non-hydrogen) atoms. The van der Waals surface area contributed by atoms with Gasteiger partial charge in [-0.2, -0.15) is 10.1 Å². The first-order valence-corrected chi connectivity index (χ1v) is 11.6. The zero-order valence-electron chi connectivity index (χ0n) is 18.4. The van der Waals surface area contributed by atoms with Crippen LogP contribution in [0.5, 0.6) is 11.5 Å². The van der Waals surface area contributed by atoms with Gasteiger partial charge in [-0.15, -0.1) is 0 Å². The summed E-state index contributed by atoms with van der Waals surface area (Å²) in [5, 5.41) is 9.15. The molecule has 1 N–H and O–H groups in total. The third-order valence-electron chi connectivity index (χ3n) is 6.26. The van der Waals surface area contributed by atoms with Crippen LogP contribution in [0.3, 0.4) is 0 Å². The molecule has 0 saturated heterocycles. The summed E-state index contributed by atoms with van der Waals surface area (Å²) in [6.07, 6.45) is 1.08. The summed E-state index contributed by atoms with van der Waals surface area (Å²) in [4.78, 5) is 4.47. The number of ether oxygens (including phenoxy) is 2. The maximum Gasteiger partial charge on any atom is 0.226 e. The second kappa shape index (κ2) is 8.08. The Morgan fingerprint density at radius 3 is 2.62 bits per heavy atom. The van der Waals surface area contributed by atoms with Gasteiger partial charge in [-0.3, -0.25) is 0 Å². The van der Waals surface area contributed by atoms with Gasteiger partial charge in [0.2, 0.25) is 5.95 Å². The first kappa shape index (κ1) is 21.1. The molecule has 0 radical (unpaired) electrons.